The Morgan fingerprint density at radius 2 is 2.15 bits per heavy atom. The highest BCUT2D eigenvalue weighted by molar-refractivity contribution is 7.15. The Balaban J connectivity index is 1.47. The molecular weight excluding hydrogens is 272 g/mol. The third kappa shape index (κ3) is 2.97. The van der Waals surface area contributed by atoms with E-state index in [9.17, 15) is 4.79 Å². The zero-order valence-electron chi connectivity index (χ0n) is 10.7. The average Bonchev–Trinajstić information content (AvgIpc) is 3.01. The van der Waals surface area contributed by atoms with Gasteiger partial charge in [0.05, 0.1) is 5.69 Å². The van der Waals surface area contributed by atoms with E-state index in [0.29, 0.717) is 6.54 Å². The van der Waals surface area contributed by atoms with Gasteiger partial charge >= 0.3 is 6.03 Å². The highest BCUT2D eigenvalue weighted by Crippen LogP contribution is 2.11. The molecule has 3 rings (SSSR count). The van der Waals surface area contributed by atoms with Crippen LogP contribution >= 0.6 is 11.3 Å². The molecule has 0 spiro atoms. The van der Waals surface area contributed by atoms with Crippen LogP contribution in [0.25, 0.3) is 4.96 Å². The molecule has 0 bridgehead atoms. The number of nitrogens with zero attached hydrogens (tertiary/aromatic N) is 2. The van der Waals surface area contributed by atoms with E-state index < -0.39 is 0 Å². The van der Waals surface area contributed by atoms with Gasteiger partial charge in [-0.15, -0.1) is 11.3 Å². The summed E-state index contributed by atoms with van der Waals surface area (Å²) in [5.41, 5.74) is 1.77. The molecule has 0 radical (unpaired) electrons. The summed E-state index contributed by atoms with van der Waals surface area (Å²) in [5.74, 6) is 0. The average molecular weight is 286 g/mol. The maximum absolute atomic E-state index is 11.7. The molecular formula is C14H14N4OS. The van der Waals surface area contributed by atoms with E-state index in [1.165, 1.54) is 0 Å². The molecule has 6 heteroatoms. The van der Waals surface area contributed by atoms with E-state index in [1.807, 2.05) is 52.5 Å². The number of carbonyl (C=O) groups is 1. The maximum Gasteiger partial charge on any atom is 0.319 e. The molecule has 0 saturated heterocycles. The summed E-state index contributed by atoms with van der Waals surface area (Å²) in [6.45, 7) is 0.559. The number of rotatable bonds is 4. The molecule has 2 N–H and O–H groups in total. The van der Waals surface area contributed by atoms with Gasteiger partial charge in [-0.2, -0.15) is 0 Å². The van der Waals surface area contributed by atoms with Gasteiger partial charge in [0, 0.05) is 36.4 Å². The van der Waals surface area contributed by atoms with Gasteiger partial charge in [-0.1, -0.05) is 18.2 Å². The normalized spacial score (nSPS) is 10.6. The van der Waals surface area contributed by atoms with Crippen LogP contribution in [-0.4, -0.2) is 22.0 Å². The predicted molar refractivity (Wildman–Crippen MR) is 80.2 cm³/mol. The zero-order chi connectivity index (χ0) is 13.8. The number of imidazole rings is 1. The van der Waals surface area contributed by atoms with Crippen molar-refractivity contribution < 1.29 is 4.79 Å². The largest absolute Gasteiger partial charge is 0.337 e. The van der Waals surface area contributed by atoms with Crippen LogP contribution in [0.1, 0.15) is 5.69 Å². The predicted octanol–water partition coefficient (Wildman–Crippen LogP) is 2.76. The second kappa shape index (κ2) is 5.75. The van der Waals surface area contributed by atoms with Gasteiger partial charge in [0.15, 0.2) is 4.96 Å². The Kier molecular flexibility index (Phi) is 3.64. The lowest BCUT2D eigenvalue weighted by molar-refractivity contribution is 0.252. The van der Waals surface area contributed by atoms with Crippen LogP contribution < -0.4 is 10.6 Å². The number of thiazole rings is 1. The van der Waals surface area contributed by atoms with Crippen molar-refractivity contribution in [1.29, 1.82) is 0 Å². The van der Waals surface area contributed by atoms with Crippen molar-refractivity contribution >= 4 is 28.0 Å². The van der Waals surface area contributed by atoms with Gasteiger partial charge in [0.25, 0.3) is 0 Å². The fraction of sp³-hybridized carbons (Fsp3) is 0.143. The van der Waals surface area contributed by atoms with Crippen molar-refractivity contribution in [3.63, 3.8) is 0 Å². The first-order chi connectivity index (χ1) is 9.81. The number of amides is 2. The summed E-state index contributed by atoms with van der Waals surface area (Å²) in [7, 11) is 0. The molecule has 0 atom stereocenters. The minimum absolute atomic E-state index is 0.197. The lowest BCUT2D eigenvalue weighted by Crippen LogP contribution is -2.30. The van der Waals surface area contributed by atoms with Crippen LogP contribution in [0, 0.1) is 0 Å². The number of hydrogen-bond donors (Lipinski definition) is 2. The number of aromatic nitrogens is 2. The van der Waals surface area contributed by atoms with E-state index in [0.717, 1.165) is 22.8 Å². The van der Waals surface area contributed by atoms with E-state index in [4.69, 9.17) is 0 Å². The molecule has 2 heterocycles. The second-order valence-electron chi connectivity index (χ2n) is 4.32. The summed E-state index contributed by atoms with van der Waals surface area (Å²) in [6.07, 6.45) is 4.69. The third-order valence-corrected chi connectivity index (χ3v) is 3.61. The second-order valence-corrected chi connectivity index (χ2v) is 5.20. The SMILES string of the molecule is O=C(NCCc1cn2ccsc2n1)Nc1ccccc1. The van der Waals surface area contributed by atoms with E-state index in [1.54, 1.807) is 11.3 Å². The number of urea groups is 1. The van der Waals surface area contributed by atoms with Crippen LogP contribution in [0.3, 0.4) is 0 Å². The van der Waals surface area contributed by atoms with Crippen molar-refractivity contribution in [3.8, 4) is 0 Å². The minimum atomic E-state index is -0.197. The Bertz CT molecular complexity index is 676. The Morgan fingerprint density at radius 3 is 2.95 bits per heavy atom. The third-order valence-electron chi connectivity index (χ3n) is 2.84. The van der Waals surface area contributed by atoms with Crippen molar-refractivity contribution in [3.05, 3.63) is 53.8 Å². The maximum atomic E-state index is 11.7. The first-order valence-corrected chi connectivity index (χ1v) is 7.20. The lowest BCUT2D eigenvalue weighted by Gasteiger charge is -2.06. The van der Waals surface area contributed by atoms with Gasteiger partial charge in [0.2, 0.25) is 0 Å². The van der Waals surface area contributed by atoms with Crippen LogP contribution in [-0.2, 0) is 6.42 Å². The minimum Gasteiger partial charge on any atom is -0.337 e. The highest BCUT2D eigenvalue weighted by atomic mass is 32.1. The molecule has 5 nitrogen and oxygen atoms in total. The number of benzene rings is 1. The highest BCUT2D eigenvalue weighted by Gasteiger charge is 2.04. The van der Waals surface area contributed by atoms with Crippen LogP contribution in [0.4, 0.5) is 10.5 Å². The summed E-state index contributed by atoms with van der Waals surface area (Å²) < 4.78 is 1.99. The van der Waals surface area contributed by atoms with E-state index in [-0.39, 0.29) is 6.03 Å². The van der Waals surface area contributed by atoms with Gasteiger partial charge in [0.1, 0.15) is 0 Å². The number of fused-ring (bicyclic) bond motifs is 1. The summed E-state index contributed by atoms with van der Waals surface area (Å²) >= 11 is 1.60. The zero-order valence-corrected chi connectivity index (χ0v) is 11.6. The number of carbonyl (C=O) groups excluding carboxylic acids is 1. The van der Waals surface area contributed by atoms with Crippen LogP contribution in [0.15, 0.2) is 48.1 Å². The molecule has 0 aliphatic carbocycles. The van der Waals surface area contributed by atoms with Gasteiger partial charge in [-0.25, -0.2) is 9.78 Å². The Labute approximate surface area is 120 Å². The first-order valence-electron chi connectivity index (χ1n) is 6.32. The molecule has 2 amide bonds. The monoisotopic (exact) mass is 286 g/mol. The van der Waals surface area contributed by atoms with E-state index >= 15 is 0 Å². The van der Waals surface area contributed by atoms with Crippen molar-refractivity contribution in [2.24, 2.45) is 0 Å². The lowest BCUT2D eigenvalue weighted by atomic mass is 10.3. The van der Waals surface area contributed by atoms with Crippen molar-refractivity contribution in [2.75, 3.05) is 11.9 Å². The van der Waals surface area contributed by atoms with Crippen LogP contribution in [0.5, 0.6) is 0 Å². The van der Waals surface area contributed by atoms with Gasteiger partial charge < -0.3 is 10.6 Å². The molecule has 0 fully saturated rings. The molecule has 20 heavy (non-hydrogen) atoms. The van der Waals surface area contributed by atoms with Crippen molar-refractivity contribution in [1.82, 2.24) is 14.7 Å². The molecule has 102 valence electrons. The van der Waals surface area contributed by atoms with Gasteiger partial charge in [-0.3, -0.25) is 4.40 Å². The summed E-state index contributed by atoms with van der Waals surface area (Å²) in [5, 5.41) is 7.59. The Hall–Kier alpha value is -2.34. The smallest absolute Gasteiger partial charge is 0.319 e. The Morgan fingerprint density at radius 1 is 1.30 bits per heavy atom. The molecule has 0 saturated carbocycles. The molecule has 0 aliphatic rings. The van der Waals surface area contributed by atoms with E-state index in [2.05, 4.69) is 15.6 Å². The van der Waals surface area contributed by atoms with Crippen LogP contribution in [0.2, 0.25) is 0 Å². The summed E-state index contributed by atoms with van der Waals surface area (Å²) in [6, 6.07) is 9.18. The number of para-hydroxylation sites is 1. The fourth-order valence-corrected chi connectivity index (χ4v) is 2.62. The molecule has 0 unspecified atom stereocenters. The topological polar surface area (TPSA) is 58.4 Å². The molecule has 3 aromatic rings. The summed E-state index contributed by atoms with van der Waals surface area (Å²) in [4.78, 5) is 17.1. The molecule has 2 aromatic heterocycles. The number of hydrogen-bond acceptors (Lipinski definition) is 3. The standard InChI is InChI=1S/C14H14N4OS/c19-13(16-11-4-2-1-3-5-11)15-7-6-12-10-18-8-9-20-14(18)17-12/h1-5,8-10H,6-7H2,(H2,15,16,19). The number of nitrogens with one attached hydrogen (secondary N) is 2. The fourth-order valence-electron chi connectivity index (χ4n) is 1.90. The molecule has 0 aliphatic heterocycles. The quantitative estimate of drug-likeness (QED) is 0.775. The number of anilines is 1. The molecule has 1 aromatic carbocycles. The van der Waals surface area contributed by atoms with Gasteiger partial charge in [-0.05, 0) is 12.1 Å². The van der Waals surface area contributed by atoms with Crippen molar-refractivity contribution in [2.45, 2.75) is 6.42 Å². The first kappa shape index (κ1) is 12.7.